The first kappa shape index (κ1) is 31.8. The SMILES string of the molecule is C=C(C)[C@H]1CC[C@@](C)(S[P+](=S)OC[C@H]2O[C@@H](n3ccc(=O)[nH]c3=O)[C@H](F)C2O[Si](C)(C)C(C)(C)C)[C@H](O)C1. The van der Waals surface area contributed by atoms with Crippen molar-refractivity contribution in [3.05, 3.63) is 45.3 Å². The molecule has 0 radical (unpaired) electrons. The average Bonchev–Trinajstić information content (AvgIpc) is 3.08. The Morgan fingerprint density at radius 3 is 2.66 bits per heavy atom. The molecule has 1 saturated carbocycles. The van der Waals surface area contributed by atoms with E-state index in [4.69, 9.17) is 25.5 Å². The zero-order chi connectivity index (χ0) is 28.6. The van der Waals surface area contributed by atoms with Gasteiger partial charge in [0.15, 0.2) is 20.7 Å². The van der Waals surface area contributed by atoms with E-state index in [0.717, 1.165) is 29.0 Å². The highest BCUT2D eigenvalue weighted by Crippen LogP contribution is 2.55. The number of aliphatic hydroxyl groups excluding tert-OH is 1. The first-order valence-electron chi connectivity index (χ1n) is 12.9. The summed E-state index contributed by atoms with van der Waals surface area (Å²) >= 11 is 7.10. The van der Waals surface area contributed by atoms with Gasteiger partial charge in [0, 0.05) is 12.3 Å². The van der Waals surface area contributed by atoms with Crippen LogP contribution in [0.1, 0.15) is 60.1 Å². The van der Waals surface area contributed by atoms with E-state index >= 15 is 4.39 Å². The lowest BCUT2D eigenvalue weighted by atomic mass is 9.77. The van der Waals surface area contributed by atoms with Crippen LogP contribution in [0.3, 0.4) is 0 Å². The van der Waals surface area contributed by atoms with Crippen LogP contribution in [0.4, 0.5) is 4.39 Å². The van der Waals surface area contributed by atoms with Gasteiger partial charge < -0.3 is 14.3 Å². The van der Waals surface area contributed by atoms with E-state index in [0.29, 0.717) is 12.3 Å². The van der Waals surface area contributed by atoms with Crippen LogP contribution in [0.5, 0.6) is 0 Å². The standard InChI is InChI=1S/C25H40FN2O6PS2Si/c1-15(2)16-9-11-25(6,18(29)13-16)37-35(36)32-14-17-21(34-38(7,8)24(3,4)5)20(26)22(33-17)28-12-10-19(30)27-23(28)31/h10,12,16-18,20-22,29H,1,9,11,13-14H2,2-8H3/p+1/t16-,17+,18+,20+,21?,22+,25+/m0/s1. The van der Waals surface area contributed by atoms with Crippen LogP contribution in [-0.4, -0.2) is 58.8 Å². The lowest BCUT2D eigenvalue weighted by Gasteiger charge is -2.39. The zero-order valence-electron chi connectivity index (χ0n) is 23.2. The summed E-state index contributed by atoms with van der Waals surface area (Å²) < 4.78 is 35.0. The molecule has 8 atom stereocenters. The van der Waals surface area contributed by atoms with Gasteiger partial charge in [0.05, 0.1) is 10.9 Å². The van der Waals surface area contributed by atoms with E-state index in [9.17, 15) is 14.7 Å². The Morgan fingerprint density at radius 1 is 1.45 bits per heavy atom. The second-order valence-electron chi connectivity index (χ2n) is 12.1. The van der Waals surface area contributed by atoms with Crippen molar-refractivity contribution in [1.29, 1.82) is 0 Å². The lowest BCUT2D eigenvalue weighted by molar-refractivity contribution is -0.0413. The van der Waals surface area contributed by atoms with Gasteiger partial charge in [-0.25, -0.2) is 9.18 Å². The molecule has 1 saturated heterocycles. The molecule has 2 aliphatic rings. The second-order valence-corrected chi connectivity index (χ2v) is 21.9. The molecule has 0 aromatic carbocycles. The normalized spacial score (nSPS) is 32.8. The Balaban J connectivity index is 1.75. The molecule has 0 amide bonds. The zero-order valence-corrected chi connectivity index (χ0v) is 26.8. The fourth-order valence-electron chi connectivity index (χ4n) is 4.49. The highest BCUT2D eigenvalue weighted by molar-refractivity contribution is 8.63. The van der Waals surface area contributed by atoms with Crippen LogP contribution in [0, 0.1) is 5.92 Å². The minimum Gasteiger partial charge on any atom is -0.408 e. The number of ether oxygens (including phenoxy) is 1. The van der Waals surface area contributed by atoms with Crippen molar-refractivity contribution in [2.45, 2.75) is 107 Å². The monoisotopic (exact) mass is 607 g/mol. The third-order valence-corrected chi connectivity index (χ3v) is 17.0. The topological polar surface area (TPSA) is 103 Å². The molecular weight excluding hydrogens is 566 g/mol. The molecule has 1 aromatic heterocycles. The van der Waals surface area contributed by atoms with Crippen molar-refractivity contribution in [3.8, 4) is 0 Å². The van der Waals surface area contributed by atoms with E-state index in [1.54, 1.807) is 0 Å². The fourth-order valence-corrected chi connectivity index (χ4v) is 10.6. The van der Waals surface area contributed by atoms with Gasteiger partial charge in [0.2, 0.25) is 11.8 Å². The Kier molecular flexibility index (Phi) is 10.1. The van der Waals surface area contributed by atoms with Gasteiger partial charge in [0.1, 0.15) is 30.2 Å². The highest BCUT2D eigenvalue weighted by Gasteiger charge is 2.53. The van der Waals surface area contributed by atoms with Crippen molar-refractivity contribution in [2.75, 3.05) is 6.61 Å². The van der Waals surface area contributed by atoms with Crippen molar-refractivity contribution >= 4 is 37.6 Å². The predicted octanol–water partition coefficient (Wildman–Crippen LogP) is 5.18. The summed E-state index contributed by atoms with van der Waals surface area (Å²) in [5, 5.41) is 10.7. The lowest BCUT2D eigenvalue weighted by Crippen LogP contribution is -2.49. The molecule has 1 aromatic rings. The maximum atomic E-state index is 15.9. The van der Waals surface area contributed by atoms with E-state index in [2.05, 4.69) is 32.3 Å². The quantitative estimate of drug-likeness (QED) is 0.225. The summed E-state index contributed by atoms with van der Waals surface area (Å²) in [4.78, 5) is 26.1. The summed E-state index contributed by atoms with van der Waals surface area (Å²) in [5.41, 5.74) is -0.252. The number of hydrogen-bond donors (Lipinski definition) is 2. The first-order chi connectivity index (χ1) is 17.4. The summed E-state index contributed by atoms with van der Waals surface area (Å²) in [5.74, 6) is 0.297. The molecule has 13 heteroatoms. The Bertz CT molecular complexity index is 1160. The van der Waals surface area contributed by atoms with E-state index in [1.807, 2.05) is 26.9 Å². The molecule has 2 heterocycles. The number of aliphatic hydroxyl groups is 1. The molecular formula is C25H41FN2O6PS2Si+. The van der Waals surface area contributed by atoms with Gasteiger partial charge in [0.25, 0.3) is 5.56 Å². The van der Waals surface area contributed by atoms with E-state index < -0.39 is 61.2 Å². The summed E-state index contributed by atoms with van der Waals surface area (Å²) in [6.45, 7) is 18.3. The third kappa shape index (κ3) is 7.12. The minimum atomic E-state index is -2.42. The molecule has 0 spiro atoms. The van der Waals surface area contributed by atoms with Crippen LogP contribution >= 0.6 is 17.5 Å². The number of aromatic nitrogens is 2. The number of nitrogens with zero attached hydrogens (tertiary/aromatic N) is 1. The molecule has 2 N–H and O–H groups in total. The molecule has 38 heavy (non-hydrogen) atoms. The second kappa shape index (κ2) is 12.0. The smallest absolute Gasteiger partial charge is 0.408 e. The van der Waals surface area contributed by atoms with Crippen molar-refractivity contribution in [2.24, 2.45) is 5.92 Å². The van der Waals surface area contributed by atoms with Crippen LogP contribution in [0.25, 0.3) is 0 Å². The molecule has 0 bridgehead atoms. The summed E-state index contributed by atoms with van der Waals surface area (Å²) in [6.07, 6.45) is -3.11. The number of alkyl halides is 1. The number of allylic oxidation sites excluding steroid dienone is 1. The first-order valence-corrected chi connectivity index (χ1v) is 19.5. The Hall–Kier alpha value is -0.723. The number of halogens is 1. The van der Waals surface area contributed by atoms with Crippen LogP contribution < -0.4 is 11.2 Å². The molecule has 2 fully saturated rings. The van der Waals surface area contributed by atoms with Crippen molar-refractivity contribution in [1.82, 2.24) is 9.55 Å². The minimum absolute atomic E-state index is 0.0168. The van der Waals surface area contributed by atoms with Crippen molar-refractivity contribution in [3.63, 3.8) is 0 Å². The summed E-state index contributed by atoms with van der Waals surface area (Å²) in [6, 6.07) is 1.15. The van der Waals surface area contributed by atoms with E-state index in [1.165, 1.54) is 17.6 Å². The van der Waals surface area contributed by atoms with Crippen molar-refractivity contribution < 1.29 is 23.2 Å². The Morgan fingerprint density at radius 2 is 2.11 bits per heavy atom. The van der Waals surface area contributed by atoms with Crippen LogP contribution in [-0.2, 0) is 25.5 Å². The predicted molar refractivity (Wildman–Crippen MR) is 157 cm³/mol. The molecule has 8 nitrogen and oxygen atoms in total. The number of hydrogen-bond acceptors (Lipinski definition) is 8. The van der Waals surface area contributed by atoms with Crippen LogP contribution in [0.15, 0.2) is 34.0 Å². The van der Waals surface area contributed by atoms with Gasteiger partial charge >= 0.3 is 11.8 Å². The Labute approximate surface area is 235 Å². The largest absolute Gasteiger partial charge is 0.415 e. The average molecular weight is 608 g/mol. The summed E-state index contributed by atoms with van der Waals surface area (Å²) in [7, 11) is -2.42. The number of rotatable bonds is 9. The molecule has 1 aliphatic carbocycles. The molecule has 1 aliphatic heterocycles. The molecule has 3 rings (SSSR count). The van der Waals surface area contributed by atoms with Gasteiger partial charge in [-0.3, -0.25) is 14.3 Å². The highest BCUT2D eigenvalue weighted by atomic mass is 32.9. The number of nitrogens with one attached hydrogen (secondary N) is 1. The van der Waals surface area contributed by atoms with Gasteiger partial charge in [-0.05, 0) is 57.2 Å². The van der Waals surface area contributed by atoms with E-state index in [-0.39, 0.29) is 11.6 Å². The molecule has 2 unspecified atom stereocenters. The van der Waals surface area contributed by atoms with Gasteiger partial charge in [-0.2, -0.15) is 4.52 Å². The molecule has 214 valence electrons. The van der Waals surface area contributed by atoms with Gasteiger partial charge in [-0.1, -0.05) is 32.9 Å². The maximum Gasteiger partial charge on any atom is 0.415 e. The maximum absolute atomic E-state index is 15.9. The number of aromatic amines is 1. The van der Waals surface area contributed by atoms with Gasteiger partial charge in [-0.15, -0.1) is 0 Å². The third-order valence-electron chi connectivity index (χ3n) is 8.16. The fraction of sp³-hybridized carbons (Fsp3) is 0.760. The number of H-pyrrole nitrogens is 1. The van der Waals surface area contributed by atoms with Crippen LogP contribution in [0.2, 0.25) is 18.1 Å².